The summed E-state index contributed by atoms with van der Waals surface area (Å²) < 4.78 is 5.95. The molecule has 0 unspecified atom stereocenters. The van der Waals surface area contributed by atoms with Crippen LogP contribution in [0.2, 0.25) is 0 Å². The van der Waals surface area contributed by atoms with Crippen LogP contribution in [0.1, 0.15) is 5.56 Å². The van der Waals surface area contributed by atoms with Gasteiger partial charge in [-0.2, -0.15) is 4.37 Å². The minimum atomic E-state index is 0.822. The van der Waals surface area contributed by atoms with Crippen molar-refractivity contribution in [3.63, 3.8) is 0 Å². The maximum atomic E-state index is 6.04. The summed E-state index contributed by atoms with van der Waals surface area (Å²) in [5.41, 5.74) is 14.4. The molecule has 0 amide bonds. The topological polar surface area (TPSA) is 71.4 Å². The van der Waals surface area contributed by atoms with Gasteiger partial charge in [0.25, 0.3) is 0 Å². The van der Waals surface area contributed by atoms with Crippen LogP contribution in [0.4, 0.5) is 17.2 Å². The number of aromatic nitrogens is 1. The lowest BCUT2D eigenvalue weighted by atomic mass is 10.1. The molecule has 5 rings (SSSR count). The van der Waals surface area contributed by atoms with Crippen LogP contribution in [-0.4, -0.2) is 42.0 Å². The van der Waals surface area contributed by atoms with Gasteiger partial charge in [0.1, 0.15) is 5.82 Å². The van der Waals surface area contributed by atoms with E-state index in [0.717, 1.165) is 56.3 Å². The predicted octanol–water partition coefficient (Wildman–Crippen LogP) is 4.51. The fourth-order valence-electron chi connectivity index (χ4n) is 3.78. The molecule has 0 saturated carbocycles. The first-order chi connectivity index (χ1) is 15.2. The number of nitrogen functional groups attached to an aromatic ring is 2. The van der Waals surface area contributed by atoms with Gasteiger partial charge in [0.05, 0.1) is 4.70 Å². The van der Waals surface area contributed by atoms with Gasteiger partial charge in [-0.05, 0) is 53.8 Å². The molecule has 4 aromatic rings. The Labute approximate surface area is 188 Å². The lowest BCUT2D eigenvalue weighted by Gasteiger charge is -2.35. The third kappa shape index (κ3) is 5.54. The normalized spacial score (nSPS) is 14.3. The third-order valence-electron chi connectivity index (χ3n) is 5.58. The first kappa shape index (κ1) is 21.2. The zero-order valence-electron chi connectivity index (χ0n) is 17.7. The van der Waals surface area contributed by atoms with Crippen molar-refractivity contribution in [3.05, 3.63) is 84.4 Å². The monoisotopic (exact) mass is 431 g/mol. The van der Waals surface area contributed by atoms with Gasteiger partial charge < -0.3 is 16.4 Å². The summed E-state index contributed by atoms with van der Waals surface area (Å²) in [7, 11) is 0. The average Bonchev–Trinajstić information content (AvgIpc) is 3.24. The molecule has 31 heavy (non-hydrogen) atoms. The van der Waals surface area contributed by atoms with Crippen LogP contribution in [0, 0.1) is 0 Å². The Kier molecular flexibility index (Phi) is 7.02. The van der Waals surface area contributed by atoms with Crippen molar-refractivity contribution in [1.29, 1.82) is 0 Å². The Balaban J connectivity index is 0.000000282. The van der Waals surface area contributed by atoms with E-state index in [0.29, 0.717) is 0 Å². The molecule has 1 aliphatic heterocycles. The number of hydrogen-bond acceptors (Lipinski definition) is 6. The van der Waals surface area contributed by atoms with E-state index in [-0.39, 0.29) is 0 Å². The van der Waals surface area contributed by atoms with Crippen LogP contribution in [0.3, 0.4) is 0 Å². The molecule has 0 bridgehead atoms. The van der Waals surface area contributed by atoms with Crippen molar-refractivity contribution in [3.8, 4) is 0 Å². The van der Waals surface area contributed by atoms with Gasteiger partial charge in [-0.15, -0.1) is 0 Å². The summed E-state index contributed by atoms with van der Waals surface area (Å²) in [4.78, 5) is 4.95. The van der Waals surface area contributed by atoms with Crippen molar-refractivity contribution >= 4 is 38.8 Å². The summed E-state index contributed by atoms with van der Waals surface area (Å²) in [5, 5.41) is 1.29. The molecule has 160 valence electrons. The summed E-state index contributed by atoms with van der Waals surface area (Å²) in [6, 6.07) is 26.2. The number of rotatable bonds is 4. The van der Waals surface area contributed by atoms with E-state index in [1.54, 1.807) is 11.5 Å². The maximum Gasteiger partial charge on any atom is 0.150 e. The molecule has 0 aliphatic carbocycles. The lowest BCUT2D eigenvalue weighted by molar-refractivity contribution is 0.261. The Morgan fingerprint density at radius 3 is 2.16 bits per heavy atom. The van der Waals surface area contributed by atoms with Gasteiger partial charge in [-0.3, -0.25) is 4.90 Å². The molecule has 2 heterocycles. The number of nitrogens with zero attached hydrogens (tertiary/aromatic N) is 3. The van der Waals surface area contributed by atoms with Crippen LogP contribution in [0.5, 0.6) is 0 Å². The van der Waals surface area contributed by atoms with Crippen LogP contribution >= 0.6 is 11.5 Å². The highest BCUT2D eigenvalue weighted by Crippen LogP contribution is 2.29. The quantitative estimate of drug-likeness (QED) is 0.465. The molecule has 5 nitrogen and oxygen atoms in total. The van der Waals surface area contributed by atoms with E-state index in [1.165, 1.54) is 15.6 Å². The van der Waals surface area contributed by atoms with Crippen molar-refractivity contribution < 1.29 is 0 Å². The van der Waals surface area contributed by atoms with Gasteiger partial charge in [-0.1, -0.05) is 48.5 Å². The molecule has 1 aliphatic rings. The molecule has 0 atom stereocenters. The van der Waals surface area contributed by atoms with E-state index in [9.17, 15) is 0 Å². The Bertz CT molecular complexity index is 1090. The van der Waals surface area contributed by atoms with Gasteiger partial charge in [0.15, 0.2) is 0 Å². The second-order valence-corrected chi connectivity index (χ2v) is 8.50. The first-order valence-electron chi connectivity index (χ1n) is 10.7. The van der Waals surface area contributed by atoms with E-state index in [2.05, 4.69) is 50.6 Å². The van der Waals surface area contributed by atoms with E-state index in [1.807, 2.05) is 42.5 Å². The lowest BCUT2D eigenvalue weighted by Crippen LogP contribution is -2.47. The largest absolute Gasteiger partial charge is 0.399 e. The van der Waals surface area contributed by atoms with Gasteiger partial charge in [-0.25, -0.2) is 0 Å². The number of anilines is 3. The summed E-state index contributed by atoms with van der Waals surface area (Å²) >= 11 is 1.60. The highest BCUT2D eigenvalue weighted by atomic mass is 32.1. The van der Waals surface area contributed by atoms with Crippen molar-refractivity contribution in [2.75, 3.05) is 49.1 Å². The minimum Gasteiger partial charge on any atom is -0.399 e. The molecular weight excluding hydrogens is 402 g/mol. The Morgan fingerprint density at radius 1 is 0.774 bits per heavy atom. The predicted molar refractivity (Wildman–Crippen MR) is 134 cm³/mol. The van der Waals surface area contributed by atoms with Crippen LogP contribution in [0.25, 0.3) is 10.1 Å². The smallest absolute Gasteiger partial charge is 0.150 e. The summed E-state index contributed by atoms with van der Waals surface area (Å²) in [5.74, 6) is 1.16. The Morgan fingerprint density at radius 2 is 1.45 bits per heavy atom. The van der Waals surface area contributed by atoms with Gasteiger partial charge >= 0.3 is 0 Å². The van der Waals surface area contributed by atoms with Crippen LogP contribution in [0.15, 0.2) is 78.9 Å². The second-order valence-electron chi connectivity index (χ2n) is 7.69. The van der Waals surface area contributed by atoms with E-state index < -0.39 is 0 Å². The zero-order valence-corrected chi connectivity index (χ0v) is 18.5. The zero-order chi connectivity index (χ0) is 21.5. The van der Waals surface area contributed by atoms with Crippen LogP contribution in [-0.2, 0) is 6.42 Å². The average molecular weight is 432 g/mol. The number of para-hydroxylation sites is 2. The van der Waals surface area contributed by atoms with Crippen LogP contribution < -0.4 is 16.4 Å². The fourth-order valence-corrected chi connectivity index (χ4v) is 4.57. The Hall–Kier alpha value is -3.09. The highest BCUT2D eigenvalue weighted by molar-refractivity contribution is 7.13. The minimum absolute atomic E-state index is 0.822. The van der Waals surface area contributed by atoms with E-state index >= 15 is 0 Å². The molecule has 1 fully saturated rings. The number of hydrogen-bond donors (Lipinski definition) is 2. The maximum absolute atomic E-state index is 6.04. The summed E-state index contributed by atoms with van der Waals surface area (Å²) in [6.45, 7) is 5.31. The highest BCUT2D eigenvalue weighted by Gasteiger charge is 2.20. The van der Waals surface area contributed by atoms with Crippen molar-refractivity contribution in [2.24, 2.45) is 0 Å². The van der Waals surface area contributed by atoms with Gasteiger partial charge in [0.2, 0.25) is 0 Å². The number of fused-ring (bicyclic) bond motifs is 1. The first-order valence-corrected chi connectivity index (χ1v) is 11.4. The second kappa shape index (κ2) is 10.3. The molecule has 4 N–H and O–H groups in total. The SMILES string of the molecule is Nc1ccccc1.Nc1ccccc1CCN1CCN(c2nsc3ccccc23)CC1. The molecular formula is C25H29N5S. The van der Waals surface area contributed by atoms with Crippen molar-refractivity contribution in [1.82, 2.24) is 9.27 Å². The number of benzene rings is 3. The molecule has 0 spiro atoms. The fraction of sp³-hybridized carbons (Fsp3) is 0.240. The molecule has 1 aromatic heterocycles. The molecule has 0 radical (unpaired) electrons. The third-order valence-corrected chi connectivity index (χ3v) is 6.40. The number of piperazine rings is 1. The van der Waals surface area contributed by atoms with Gasteiger partial charge in [0, 0.05) is 49.5 Å². The molecule has 1 saturated heterocycles. The molecule has 3 aromatic carbocycles. The van der Waals surface area contributed by atoms with E-state index in [4.69, 9.17) is 11.5 Å². The number of nitrogens with two attached hydrogens (primary N) is 2. The molecule has 6 heteroatoms. The summed E-state index contributed by atoms with van der Waals surface area (Å²) in [6.07, 6.45) is 1.02. The van der Waals surface area contributed by atoms with Crippen molar-refractivity contribution in [2.45, 2.75) is 6.42 Å². The standard InChI is InChI=1S/C19H22N4S.C6H7N/c20-17-7-3-1-5-15(17)9-10-22-11-13-23(14-12-22)19-16-6-2-4-8-18(16)24-21-19;7-6-4-2-1-3-5-6/h1-8H,9-14,20H2;1-5H,7H2.